The molecule has 2 aromatic rings. The van der Waals surface area contributed by atoms with Crippen LogP contribution >= 0.6 is 27.3 Å². The topological polar surface area (TPSA) is 72.8 Å². The number of rotatable bonds is 6. The molecule has 6 nitrogen and oxygen atoms in total. The number of carbonyl (C=O) groups is 1. The zero-order valence-corrected chi connectivity index (χ0v) is 15.3. The lowest BCUT2D eigenvalue weighted by Gasteiger charge is -2.12. The van der Waals surface area contributed by atoms with Crippen molar-refractivity contribution in [1.82, 2.24) is 4.98 Å². The second-order valence-corrected chi connectivity index (χ2v) is 6.23. The van der Waals surface area contributed by atoms with Gasteiger partial charge in [0, 0.05) is 12.3 Å². The SMILES string of the molecule is CCOc1cc(C=NNc2nc(C)cs2)cc(Br)c1OC(C)=O. The molecule has 0 amide bonds. The van der Waals surface area contributed by atoms with Gasteiger partial charge in [0.05, 0.1) is 23.0 Å². The molecule has 2 rings (SSSR count). The molecule has 0 aliphatic rings. The van der Waals surface area contributed by atoms with Crippen LogP contribution in [-0.2, 0) is 4.79 Å². The number of thiazole rings is 1. The molecule has 8 heteroatoms. The molecule has 0 bridgehead atoms. The Labute approximate surface area is 146 Å². The highest BCUT2D eigenvalue weighted by Gasteiger charge is 2.13. The van der Waals surface area contributed by atoms with E-state index in [0.717, 1.165) is 16.4 Å². The summed E-state index contributed by atoms with van der Waals surface area (Å²) in [4.78, 5) is 15.5. The minimum Gasteiger partial charge on any atom is -0.490 e. The first-order valence-electron chi connectivity index (χ1n) is 6.85. The van der Waals surface area contributed by atoms with Crippen LogP contribution in [0.1, 0.15) is 25.1 Å². The summed E-state index contributed by atoms with van der Waals surface area (Å²) in [6, 6.07) is 3.55. The van der Waals surface area contributed by atoms with E-state index >= 15 is 0 Å². The highest BCUT2D eigenvalue weighted by molar-refractivity contribution is 9.10. The Bertz CT molecular complexity index is 731. The molecule has 0 atom stereocenters. The fraction of sp³-hybridized carbons (Fsp3) is 0.267. The molecule has 23 heavy (non-hydrogen) atoms. The van der Waals surface area contributed by atoms with Crippen LogP contribution in [0, 0.1) is 6.92 Å². The van der Waals surface area contributed by atoms with E-state index < -0.39 is 5.97 Å². The fourth-order valence-corrected chi connectivity index (χ4v) is 2.91. The van der Waals surface area contributed by atoms with Crippen LogP contribution in [0.15, 0.2) is 27.1 Å². The maximum atomic E-state index is 11.2. The second kappa shape index (κ2) is 8.07. The van der Waals surface area contributed by atoms with E-state index in [1.165, 1.54) is 18.3 Å². The molecule has 0 fully saturated rings. The summed E-state index contributed by atoms with van der Waals surface area (Å²) in [5.74, 6) is 0.428. The van der Waals surface area contributed by atoms with Gasteiger partial charge in [0.15, 0.2) is 11.5 Å². The summed E-state index contributed by atoms with van der Waals surface area (Å²) in [7, 11) is 0. The molecular formula is C15H16BrN3O3S. The standard InChI is InChI=1S/C15H16BrN3O3S/c1-4-21-13-6-11(5-12(16)14(13)22-10(3)20)7-17-19-15-18-9(2)8-23-15/h5-8H,4H2,1-3H3,(H,18,19). The molecule has 0 saturated heterocycles. The van der Waals surface area contributed by atoms with Gasteiger partial charge in [-0.1, -0.05) is 0 Å². The van der Waals surface area contributed by atoms with Gasteiger partial charge in [-0.3, -0.25) is 10.2 Å². The van der Waals surface area contributed by atoms with Gasteiger partial charge < -0.3 is 9.47 Å². The number of esters is 1. The molecule has 1 N–H and O–H groups in total. The number of carbonyl (C=O) groups excluding carboxylic acids is 1. The van der Waals surface area contributed by atoms with Gasteiger partial charge in [-0.15, -0.1) is 11.3 Å². The maximum absolute atomic E-state index is 11.2. The summed E-state index contributed by atoms with van der Waals surface area (Å²) in [5, 5.41) is 6.81. The molecule has 0 aliphatic carbocycles. The summed E-state index contributed by atoms with van der Waals surface area (Å²) in [6.07, 6.45) is 1.64. The number of aryl methyl sites for hydroxylation is 1. The average Bonchev–Trinajstić information content (AvgIpc) is 2.88. The van der Waals surface area contributed by atoms with E-state index in [0.29, 0.717) is 22.6 Å². The van der Waals surface area contributed by atoms with Crippen molar-refractivity contribution in [3.63, 3.8) is 0 Å². The zero-order chi connectivity index (χ0) is 16.8. The van der Waals surface area contributed by atoms with Gasteiger partial charge in [-0.05, 0) is 47.5 Å². The number of nitrogens with one attached hydrogen (secondary N) is 1. The highest BCUT2D eigenvalue weighted by atomic mass is 79.9. The molecular weight excluding hydrogens is 382 g/mol. The molecule has 1 heterocycles. The molecule has 0 saturated carbocycles. The Balaban J connectivity index is 2.20. The summed E-state index contributed by atoms with van der Waals surface area (Å²) < 4.78 is 11.3. The first kappa shape index (κ1) is 17.4. The predicted molar refractivity (Wildman–Crippen MR) is 94.7 cm³/mol. The van der Waals surface area contributed by atoms with E-state index in [2.05, 4.69) is 31.4 Å². The third-order valence-electron chi connectivity index (χ3n) is 2.57. The van der Waals surface area contributed by atoms with Crippen molar-refractivity contribution in [3.05, 3.63) is 33.2 Å². The number of hydrazone groups is 1. The van der Waals surface area contributed by atoms with Crippen LogP contribution in [0.25, 0.3) is 0 Å². The number of anilines is 1. The van der Waals surface area contributed by atoms with Crippen LogP contribution in [0.3, 0.4) is 0 Å². The lowest BCUT2D eigenvalue weighted by molar-refractivity contribution is -0.132. The van der Waals surface area contributed by atoms with Crippen molar-refractivity contribution in [2.24, 2.45) is 5.10 Å². The molecule has 122 valence electrons. The Kier molecular flexibility index (Phi) is 6.12. The van der Waals surface area contributed by atoms with Gasteiger partial charge in [-0.25, -0.2) is 4.98 Å². The number of halogens is 1. The van der Waals surface area contributed by atoms with Crippen LogP contribution in [0.5, 0.6) is 11.5 Å². The van der Waals surface area contributed by atoms with Crippen LogP contribution in [0.2, 0.25) is 0 Å². The Morgan fingerprint density at radius 2 is 2.30 bits per heavy atom. The van der Waals surface area contributed by atoms with Crippen molar-refractivity contribution in [2.75, 3.05) is 12.0 Å². The van der Waals surface area contributed by atoms with Gasteiger partial charge >= 0.3 is 5.97 Å². The average molecular weight is 398 g/mol. The van der Waals surface area contributed by atoms with E-state index in [4.69, 9.17) is 9.47 Å². The summed E-state index contributed by atoms with van der Waals surface area (Å²) in [6.45, 7) is 5.58. The second-order valence-electron chi connectivity index (χ2n) is 4.52. The minimum atomic E-state index is -0.408. The number of hydrogen-bond donors (Lipinski definition) is 1. The number of hydrogen-bond acceptors (Lipinski definition) is 7. The largest absolute Gasteiger partial charge is 0.490 e. The Hall–Kier alpha value is -1.93. The van der Waals surface area contributed by atoms with Gasteiger partial charge in [0.1, 0.15) is 0 Å². The highest BCUT2D eigenvalue weighted by Crippen LogP contribution is 2.36. The number of benzene rings is 1. The number of aromatic nitrogens is 1. The zero-order valence-electron chi connectivity index (χ0n) is 12.9. The van der Waals surface area contributed by atoms with Crippen LogP contribution in [-0.4, -0.2) is 23.8 Å². The quantitative estimate of drug-likeness (QED) is 0.345. The van der Waals surface area contributed by atoms with Crippen molar-refractivity contribution in [1.29, 1.82) is 0 Å². The molecule has 0 unspecified atom stereocenters. The van der Waals surface area contributed by atoms with Crippen molar-refractivity contribution in [3.8, 4) is 11.5 Å². The van der Waals surface area contributed by atoms with Crippen molar-refractivity contribution in [2.45, 2.75) is 20.8 Å². The number of ether oxygens (including phenoxy) is 2. The molecule has 1 aromatic heterocycles. The van der Waals surface area contributed by atoms with Gasteiger partial charge in [-0.2, -0.15) is 5.10 Å². The summed E-state index contributed by atoms with van der Waals surface area (Å²) in [5.41, 5.74) is 4.60. The van der Waals surface area contributed by atoms with Crippen molar-refractivity contribution >= 4 is 44.6 Å². The Morgan fingerprint density at radius 1 is 1.52 bits per heavy atom. The predicted octanol–water partition coefficient (Wildman–Crippen LogP) is 3.98. The minimum absolute atomic E-state index is 0.361. The first-order valence-corrected chi connectivity index (χ1v) is 8.52. The molecule has 0 aliphatic heterocycles. The Morgan fingerprint density at radius 3 is 2.91 bits per heavy atom. The molecule has 0 radical (unpaired) electrons. The maximum Gasteiger partial charge on any atom is 0.308 e. The summed E-state index contributed by atoms with van der Waals surface area (Å²) >= 11 is 4.87. The third-order valence-corrected chi connectivity index (χ3v) is 4.02. The number of nitrogens with zero attached hydrogens (tertiary/aromatic N) is 2. The smallest absolute Gasteiger partial charge is 0.308 e. The third kappa shape index (κ3) is 5.04. The van der Waals surface area contributed by atoms with Gasteiger partial charge in [0.2, 0.25) is 5.13 Å². The van der Waals surface area contributed by atoms with Gasteiger partial charge in [0.25, 0.3) is 0 Å². The normalized spacial score (nSPS) is 10.8. The van der Waals surface area contributed by atoms with Crippen LogP contribution < -0.4 is 14.9 Å². The van der Waals surface area contributed by atoms with E-state index in [1.54, 1.807) is 18.3 Å². The van der Waals surface area contributed by atoms with E-state index in [-0.39, 0.29) is 0 Å². The molecule has 0 spiro atoms. The van der Waals surface area contributed by atoms with E-state index in [9.17, 15) is 4.79 Å². The first-order chi connectivity index (χ1) is 11.0. The molecule has 1 aromatic carbocycles. The lowest BCUT2D eigenvalue weighted by atomic mass is 10.2. The van der Waals surface area contributed by atoms with E-state index in [1.807, 2.05) is 19.2 Å². The van der Waals surface area contributed by atoms with Crippen molar-refractivity contribution < 1.29 is 14.3 Å². The fourth-order valence-electron chi connectivity index (χ4n) is 1.74. The lowest BCUT2D eigenvalue weighted by Crippen LogP contribution is -2.05. The monoisotopic (exact) mass is 397 g/mol. The van der Waals surface area contributed by atoms with Crippen LogP contribution in [0.4, 0.5) is 5.13 Å².